The van der Waals surface area contributed by atoms with Gasteiger partial charge in [-0.25, -0.2) is 4.39 Å². The quantitative estimate of drug-likeness (QED) is 0.498. The first-order chi connectivity index (χ1) is 10.5. The fraction of sp³-hybridized carbons (Fsp3) is 0.500. The number of carbonyl (C=O) groups excluding carboxylic acids is 1. The molecular formula is C16H22FN3O2. The molecule has 1 aliphatic rings. The molecule has 2 rings (SSSR count). The molecule has 0 radical (unpaired) electrons. The maximum Gasteiger partial charge on any atom is 0.313 e. The number of amidine groups is 1. The fourth-order valence-electron chi connectivity index (χ4n) is 2.84. The Morgan fingerprint density at radius 3 is 2.55 bits per heavy atom. The van der Waals surface area contributed by atoms with Crippen LogP contribution >= 0.6 is 0 Å². The predicted octanol–water partition coefficient (Wildman–Crippen LogP) is 2.65. The van der Waals surface area contributed by atoms with Crippen LogP contribution in [0.2, 0.25) is 0 Å². The van der Waals surface area contributed by atoms with Crippen molar-refractivity contribution >= 4 is 17.7 Å². The lowest BCUT2D eigenvalue weighted by molar-refractivity contribution is -0.135. The van der Waals surface area contributed by atoms with Crippen molar-refractivity contribution in [3.63, 3.8) is 0 Å². The van der Waals surface area contributed by atoms with E-state index in [0.29, 0.717) is 12.3 Å². The van der Waals surface area contributed by atoms with Gasteiger partial charge in [0.2, 0.25) is 0 Å². The van der Waals surface area contributed by atoms with E-state index in [9.17, 15) is 9.18 Å². The summed E-state index contributed by atoms with van der Waals surface area (Å²) in [4.78, 5) is 13.5. The fourth-order valence-corrected chi connectivity index (χ4v) is 2.84. The Labute approximate surface area is 129 Å². The van der Waals surface area contributed by atoms with E-state index in [2.05, 4.69) is 9.64 Å². The van der Waals surface area contributed by atoms with E-state index in [-0.39, 0.29) is 5.82 Å². The highest BCUT2D eigenvalue weighted by molar-refractivity contribution is 5.84. The molecule has 0 atom stereocenters. The summed E-state index contributed by atoms with van der Waals surface area (Å²) in [7, 11) is 0. The molecule has 0 spiro atoms. The Balaban J connectivity index is 1.68. The molecule has 1 saturated heterocycles. The van der Waals surface area contributed by atoms with E-state index < -0.39 is 12.0 Å². The first-order valence-electron chi connectivity index (χ1n) is 7.60. The molecule has 0 amide bonds. The van der Waals surface area contributed by atoms with Crippen molar-refractivity contribution < 1.29 is 13.9 Å². The van der Waals surface area contributed by atoms with Crippen LogP contribution < -0.4 is 10.6 Å². The van der Waals surface area contributed by atoms with Crippen molar-refractivity contribution in [2.45, 2.75) is 32.1 Å². The smallest absolute Gasteiger partial charge is 0.313 e. The number of piperidine rings is 1. The van der Waals surface area contributed by atoms with Crippen LogP contribution in [-0.2, 0) is 9.53 Å². The van der Waals surface area contributed by atoms with E-state index in [0.717, 1.165) is 44.5 Å². The molecule has 1 aromatic rings. The zero-order valence-corrected chi connectivity index (χ0v) is 12.6. The molecule has 22 heavy (non-hydrogen) atoms. The van der Waals surface area contributed by atoms with Gasteiger partial charge >= 0.3 is 5.97 Å². The van der Waals surface area contributed by atoms with Crippen molar-refractivity contribution in [2.24, 2.45) is 11.7 Å². The molecule has 0 saturated carbocycles. The minimum atomic E-state index is -0.544. The number of esters is 1. The second-order valence-corrected chi connectivity index (χ2v) is 5.64. The summed E-state index contributed by atoms with van der Waals surface area (Å²) in [6.07, 6.45) is 4.17. The normalized spacial score (nSPS) is 15.6. The molecule has 6 heteroatoms. The zero-order chi connectivity index (χ0) is 15.9. The Morgan fingerprint density at radius 1 is 1.32 bits per heavy atom. The van der Waals surface area contributed by atoms with Gasteiger partial charge in [0.15, 0.2) is 0 Å². The topological polar surface area (TPSA) is 79.4 Å². The molecule has 1 heterocycles. The van der Waals surface area contributed by atoms with Crippen LogP contribution in [0.4, 0.5) is 10.1 Å². The number of ether oxygens (including phenoxy) is 1. The van der Waals surface area contributed by atoms with Crippen LogP contribution in [0.3, 0.4) is 0 Å². The summed E-state index contributed by atoms with van der Waals surface area (Å²) >= 11 is 0. The highest BCUT2D eigenvalue weighted by atomic mass is 19.1. The van der Waals surface area contributed by atoms with Gasteiger partial charge in [0, 0.05) is 25.2 Å². The first-order valence-corrected chi connectivity index (χ1v) is 7.60. The van der Waals surface area contributed by atoms with Gasteiger partial charge in [-0.15, -0.1) is 0 Å². The number of carbonyl (C=O) groups is 1. The lowest BCUT2D eigenvalue weighted by Crippen LogP contribution is -2.33. The van der Waals surface area contributed by atoms with E-state index in [4.69, 9.17) is 11.1 Å². The van der Waals surface area contributed by atoms with Crippen molar-refractivity contribution in [3.05, 3.63) is 30.1 Å². The van der Waals surface area contributed by atoms with Gasteiger partial charge in [-0.1, -0.05) is 0 Å². The number of nitrogens with two attached hydrogens (primary N) is 1. The van der Waals surface area contributed by atoms with Gasteiger partial charge in [-0.3, -0.25) is 10.2 Å². The number of anilines is 1. The number of nitrogens with zero attached hydrogens (tertiary/aromatic N) is 1. The van der Waals surface area contributed by atoms with Gasteiger partial charge in [-0.2, -0.15) is 0 Å². The average molecular weight is 307 g/mol. The maximum absolute atomic E-state index is 12.9. The summed E-state index contributed by atoms with van der Waals surface area (Å²) in [6.45, 7) is 1.91. The number of hydrogen-bond donors (Lipinski definition) is 2. The summed E-state index contributed by atoms with van der Waals surface area (Å²) in [5.41, 5.74) is 6.06. The minimum absolute atomic E-state index is 0.212. The average Bonchev–Trinajstić information content (AvgIpc) is 2.48. The third-order valence-electron chi connectivity index (χ3n) is 4.02. The number of nitrogens with one attached hydrogen (secondary N) is 1. The largest absolute Gasteiger partial charge is 0.393 e. The molecule has 5 nitrogen and oxygen atoms in total. The monoisotopic (exact) mass is 307 g/mol. The van der Waals surface area contributed by atoms with Crippen LogP contribution in [0.1, 0.15) is 32.1 Å². The summed E-state index contributed by atoms with van der Waals surface area (Å²) in [6, 6.07) is 6.06. The highest BCUT2D eigenvalue weighted by Gasteiger charge is 2.19. The van der Waals surface area contributed by atoms with Crippen molar-refractivity contribution in [1.82, 2.24) is 0 Å². The third-order valence-corrected chi connectivity index (χ3v) is 4.02. The van der Waals surface area contributed by atoms with Crippen molar-refractivity contribution in [3.8, 4) is 0 Å². The molecule has 1 fully saturated rings. The summed E-state index contributed by atoms with van der Waals surface area (Å²) in [5.74, 6) is -0.0471. The Bertz CT molecular complexity index is 511. The molecule has 0 aliphatic carbocycles. The molecule has 0 aromatic heterocycles. The molecule has 1 aliphatic heterocycles. The Morgan fingerprint density at radius 2 is 1.95 bits per heavy atom. The first kappa shape index (κ1) is 16.3. The van der Waals surface area contributed by atoms with E-state index in [1.54, 1.807) is 0 Å². The molecule has 120 valence electrons. The molecular weight excluding hydrogens is 285 g/mol. The van der Waals surface area contributed by atoms with Crippen LogP contribution in [0.25, 0.3) is 0 Å². The molecule has 3 N–H and O–H groups in total. The summed E-state index contributed by atoms with van der Waals surface area (Å²) < 4.78 is 17.4. The zero-order valence-electron chi connectivity index (χ0n) is 12.6. The minimum Gasteiger partial charge on any atom is -0.393 e. The second-order valence-electron chi connectivity index (χ2n) is 5.64. The van der Waals surface area contributed by atoms with Crippen LogP contribution in [0, 0.1) is 17.1 Å². The van der Waals surface area contributed by atoms with Gasteiger partial charge in [0.25, 0.3) is 6.02 Å². The number of halogens is 1. The van der Waals surface area contributed by atoms with Crippen molar-refractivity contribution in [1.29, 1.82) is 5.41 Å². The Hall–Kier alpha value is -2.11. The lowest BCUT2D eigenvalue weighted by atomic mass is 9.91. The standard InChI is InChI=1S/C16H22FN3O2/c17-13-4-6-14(7-5-13)20-10-8-12(9-11-20)2-1-3-15(21)22-16(18)19/h4-7,12H,1-3,8-11H2,(H3,18,19). The molecule has 0 unspecified atom stereocenters. The highest BCUT2D eigenvalue weighted by Crippen LogP contribution is 2.26. The number of rotatable bonds is 5. The van der Waals surface area contributed by atoms with Gasteiger partial charge in [-0.05, 0) is 55.9 Å². The SMILES string of the molecule is N=C(N)OC(=O)CCCC1CCN(c2ccc(F)cc2)CC1. The number of benzene rings is 1. The predicted molar refractivity (Wildman–Crippen MR) is 83.2 cm³/mol. The van der Waals surface area contributed by atoms with E-state index in [1.807, 2.05) is 12.1 Å². The number of hydrogen-bond acceptors (Lipinski definition) is 4. The van der Waals surface area contributed by atoms with E-state index in [1.165, 1.54) is 12.1 Å². The van der Waals surface area contributed by atoms with Crippen LogP contribution in [-0.4, -0.2) is 25.1 Å². The van der Waals surface area contributed by atoms with Gasteiger partial charge < -0.3 is 15.4 Å². The lowest BCUT2D eigenvalue weighted by Gasteiger charge is -2.33. The third kappa shape index (κ3) is 5.02. The van der Waals surface area contributed by atoms with Gasteiger partial charge in [0.05, 0.1) is 0 Å². The van der Waals surface area contributed by atoms with E-state index >= 15 is 0 Å². The van der Waals surface area contributed by atoms with Gasteiger partial charge in [0.1, 0.15) is 5.82 Å². The van der Waals surface area contributed by atoms with Crippen LogP contribution in [0.5, 0.6) is 0 Å². The molecule has 0 bridgehead atoms. The summed E-state index contributed by atoms with van der Waals surface area (Å²) in [5, 5.41) is 6.88. The van der Waals surface area contributed by atoms with Crippen LogP contribution in [0.15, 0.2) is 24.3 Å². The Kier molecular flexibility index (Phi) is 5.75. The van der Waals surface area contributed by atoms with Crippen molar-refractivity contribution in [2.75, 3.05) is 18.0 Å². The molecule has 1 aromatic carbocycles. The second kappa shape index (κ2) is 7.77. The maximum atomic E-state index is 12.9.